The maximum atomic E-state index is 12.8. The van der Waals surface area contributed by atoms with Crippen LogP contribution in [0.2, 0.25) is 0 Å². The summed E-state index contributed by atoms with van der Waals surface area (Å²) in [5.41, 5.74) is -0.803. The van der Waals surface area contributed by atoms with Crippen molar-refractivity contribution in [2.24, 2.45) is 7.05 Å². The lowest BCUT2D eigenvalue weighted by Gasteiger charge is -2.31. The molecule has 1 aliphatic rings. The van der Waals surface area contributed by atoms with Gasteiger partial charge in [0.05, 0.1) is 6.04 Å². The van der Waals surface area contributed by atoms with Crippen molar-refractivity contribution < 1.29 is 18.0 Å². The summed E-state index contributed by atoms with van der Waals surface area (Å²) in [5, 5.41) is 6.05. The number of nitrogens with zero attached hydrogens (tertiary/aromatic N) is 4. The quantitative estimate of drug-likeness (QED) is 0.828. The summed E-state index contributed by atoms with van der Waals surface area (Å²) < 4.78 is 39.7. The zero-order chi connectivity index (χ0) is 17.2. The van der Waals surface area contributed by atoms with Crippen molar-refractivity contribution in [3.8, 4) is 0 Å². The van der Waals surface area contributed by atoms with Crippen molar-refractivity contribution >= 4 is 17.6 Å². The normalized spacial score (nSPS) is 16.7. The van der Waals surface area contributed by atoms with Crippen molar-refractivity contribution in [3.63, 3.8) is 0 Å². The van der Waals surface area contributed by atoms with Gasteiger partial charge < -0.3 is 10.2 Å². The standard InChI is InChI=1S/C12H17ClF3N5O2/c1-19-9(12(14,15)16)18-21(11(19)23)8-2-6-20(7-3-8)10(22)17-5-4-13/h8H,2-7H2,1H3,(H,17,22). The lowest BCUT2D eigenvalue weighted by atomic mass is 10.1. The molecule has 0 unspecified atom stereocenters. The highest BCUT2D eigenvalue weighted by Gasteiger charge is 2.39. The molecule has 23 heavy (non-hydrogen) atoms. The molecule has 2 heterocycles. The molecule has 2 amide bonds. The Hall–Kier alpha value is -1.71. The lowest BCUT2D eigenvalue weighted by molar-refractivity contribution is -0.147. The number of hydrogen-bond acceptors (Lipinski definition) is 3. The van der Waals surface area contributed by atoms with Gasteiger partial charge in [0.2, 0.25) is 5.82 Å². The molecule has 1 saturated heterocycles. The Morgan fingerprint density at radius 1 is 1.39 bits per heavy atom. The van der Waals surface area contributed by atoms with E-state index in [0.29, 0.717) is 42.9 Å². The number of carbonyl (C=O) groups excluding carboxylic acids is 1. The molecule has 0 saturated carbocycles. The van der Waals surface area contributed by atoms with Crippen LogP contribution in [0, 0.1) is 0 Å². The zero-order valence-corrected chi connectivity index (χ0v) is 13.2. The molecule has 0 radical (unpaired) electrons. The average molecular weight is 356 g/mol. The Morgan fingerprint density at radius 3 is 2.48 bits per heavy atom. The third kappa shape index (κ3) is 3.80. The minimum Gasteiger partial charge on any atom is -0.337 e. The first kappa shape index (κ1) is 17.6. The molecule has 0 aliphatic carbocycles. The fraction of sp³-hybridized carbons (Fsp3) is 0.750. The Balaban J connectivity index is 2.06. The van der Waals surface area contributed by atoms with Gasteiger partial charge in [0.25, 0.3) is 0 Å². The monoisotopic (exact) mass is 355 g/mol. The van der Waals surface area contributed by atoms with Crippen LogP contribution in [-0.2, 0) is 13.2 Å². The summed E-state index contributed by atoms with van der Waals surface area (Å²) in [6.45, 7) is 1.02. The molecule has 0 atom stereocenters. The second-order valence-electron chi connectivity index (χ2n) is 5.25. The van der Waals surface area contributed by atoms with Crippen molar-refractivity contribution in [1.29, 1.82) is 0 Å². The van der Waals surface area contributed by atoms with Crippen LogP contribution in [0.25, 0.3) is 0 Å². The number of aromatic nitrogens is 3. The van der Waals surface area contributed by atoms with Crippen molar-refractivity contribution in [3.05, 3.63) is 16.3 Å². The molecule has 1 aromatic rings. The first-order chi connectivity index (χ1) is 10.8. The van der Waals surface area contributed by atoms with Gasteiger partial charge in [-0.1, -0.05) is 0 Å². The lowest BCUT2D eigenvalue weighted by Crippen LogP contribution is -2.46. The summed E-state index contributed by atoms with van der Waals surface area (Å²) in [4.78, 5) is 25.3. The van der Waals surface area contributed by atoms with E-state index in [0.717, 1.165) is 11.7 Å². The second kappa shape index (κ2) is 6.81. The van der Waals surface area contributed by atoms with Crippen molar-refractivity contribution in [2.45, 2.75) is 25.1 Å². The van der Waals surface area contributed by atoms with Crippen LogP contribution in [0.1, 0.15) is 24.7 Å². The van der Waals surface area contributed by atoms with Crippen LogP contribution in [-0.4, -0.2) is 50.8 Å². The van der Waals surface area contributed by atoms with Gasteiger partial charge >= 0.3 is 17.9 Å². The molecular formula is C12H17ClF3N5O2. The van der Waals surface area contributed by atoms with E-state index in [1.807, 2.05) is 0 Å². The summed E-state index contributed by atoms with van der Waals surface area (Å²) >= 11 is 5.49. The van der Waals surface area contributed by atoms with Crippen LogP contribution >= 0.6 is 11.6 Å². The summed E-state index contributed by atoms with van der Waals surface area (Å²) in [6, 6.07) is -0.727. The van der Waals surface area contributed by atoms with Crippen LogP contribution in [0.15, 0.2) is 4.79 Å². The second-order valence-corrected chi connectivity index (χ2v) is 5.62. The van der Waals surface area contributed by atoms with Gasteiger partial charge in [0.1, 0.15) is 0 Å². The highest BCUT2D eigenvalue weighted by atomic mass is 35.5. The predicted octanol–water partition coefficient (Wildman–Crippen LogP) is 1.19. The highest BCUT2D eigenvalue weighted by molar-refractivity contribution is 6.18. The molecule has 1 aromatic heterocycles. The number of hydrogen-bond donors (Lipinski definition) is 1. The Bertz CT molecular complexity index is 619. The number of amides is 2. The first-order valence-corrected chi connectivity index (χ1v) is 7.60. The summed E-state index contributed by atoms with van der Waals surface area (Å²) in [7, 11) is 1.05. The molecule has 1 aliphatic heterocycles. The van der Waals surface area contributed by atoms with Gasteiger partial charge in [-0.2, -0.15) is 13.2 Å². The number of likely N-dealkylation sites (tertiary alicyclic amines) is 1. The van der Waals surface area contributed by atoms with Crippen molar-refractivity contribution in [2.75, 3.05) is 25.5 Å². The van der Waals surface area contributed by atoms with E-state index in [2.05, 4.69) is 10.4 Å². The van der Waals surface area contributed by atoms with Gasteiger partial charge in [-0.05, 0) is 12.8 Å². The molecule has 0 aromatic carbocycles. The third-order valence-electron chi connectivity index (χ3n) is 3.72. The number of rotatable bonds is 3. The third-order valence-corrected chi connectivity index (χ3v) is 3.91. The van der Waals surface area contributed by atoms with Crippen LogP contribution in [0.4, 0.5) is 18.0 Å². The van der Waals surface area contributed by atoms with Gasteiger partial charge in [-0.15, -0.1) is 16.7 Å². The van der Waals surface area contributed by atoms with E-state index >= 15 is 0 Å². The predicted molar refractivity (Wildman–Crippen MR) is 76.4 cm³/mol. The first-order valence-electron chi connectivity index (χ1n) is 7.07. The molecular weight excluding hydrogens is 339 g/mol. The smallest absolute Gasteiger partial charge is 0.337 e. The number of halogens is 4. The molecule has 0 bridgehead atoms. The average Bonchev–Trinajstić information content (AvgIpc) is 2.81. The van der Waals surface area contributed by atoms with Crippen molar-refractivity contribution in [1.82, 2.24) is 24.6 Å². The Labute approximate surface area is 135 Å². The summed E-state index contributed by atoms with van der Waals surface area (Å²) in [6.07, 6.45) is -3.95. The maximum absolute atomic E-state index is 12.8. The molecule has 130 valence electrons. The SMILES string of the molecule is Cn1c(C(F)(F)F)nn(C2CCN(C(=O)NCCCl)CC2)c1=O. The topological polar surface area (TPSA) is 72.2 Å². The fourth-order valence-corrected chi connectivity index (χ4v) is 2.61. The van der Waals surface area contributed by atoms with Crippen LogP contribution < -0.4 is 11.0 Å². The Morgan fingerprint density at radius 2 is 2.00 bits per heavy atom. The van der Waals surface area contributed by atoms with E-state index in [1.165, 1.54) is 0 Å². The number of carbonyl (C=O) groups is 1. The molecule has 1 N–H and O–H groups in total. The molecule has 2 rings (SSSR count). The summed E-state index contributed by atoms with van der Waals surface area (Å²) in [5.74, 6) is -0.920. The molecule has 1 fully saturated rings. The van der Waals surface area contributed by atoms with E-state index in [4.69, 9.17) is 11.6 Å². The van der Waals surface area contributed by atoms with Crippen LogP contribution in [0.3, 0.4) is 0 Å². The molecule has 0 spiro atoms. The minimum absolute atomic E-state index is 0.270. The number of nitrogens with one attached hydrogen (secondary N) is 1. The van der Waals surface area contributed by atoms with Crippen LogP contribution in [0.5, 0.6) is 0 Å². The van der Waals surface area contributed by atoms with Gasteiger partial charge in [0, 0.05) is 32.6 Å². The largest absolute Gasteiger partial charge is 0.451 e. The molecule has 7 nitrogen and oxygen atoms in total. The molecule has 11 heteroatoms. The van der Waals surface area contributed by atoms with Gasteiger partial charge in [-0.25, -0.2) is 14.3 Å². The van der Waals surface area contributed by atoms with E-state index in [1.54, 1.807) is 4.90 Å². The van der Waals surface area contributed by atoms with E-state index < -0.39 is 23.7 Å². The van der Waals surface area contributed by atoms with Gasteiger partial charge in [-0.3, -0.25) is 4.57 Å². The zero-order valence-electron chi connectivity index (χ0n) is 12.4. The minimum atomic E-state index is -4.68. The maximum Gasteiger partial charge on any atom is 0.451 e. The Kier molecular flexibility index (Phi) is 5.23. The van der Waals surface area contributed by atoms with E-state index in [-0.39, 0.29) is 6.03 Å². The highest BCUT2D eigenvalue weighted by Crippen LogP contribution is 2.28. The number of urea groups is 1. The number of alkyl halides is 4. The van der Waals surface area contributed by atoms with E-state index in [9.17, 15) is 22.8 Å². The van der Waals surface area contributed by atoms with Gasteiger partial charge in [0.15, 0.2) is 0 Å². The number of piperidine rings is 1. The fourth-order valence-electron chi connectivity index (χ4n) is 2.52.